The van der Waals surface area contributed by atoms with Crippen molar-refractivity contribution in [3.8, 4) is 5.88 Å². The highest BCUT2D eigenvalue weighted by molar-refractivity contribution is 5.76. The summed E-state index contributed by atoms with van der Waals surface area (Å²) in [4.78, 5) is 15.9. The molecule has 0 aliphatic heterocycles. The Morgan fingerprint density at radius 2 is 2.11 bits per heavy atom. The number of H-pyrrole nitrogens is 1. The van der Waals surface area contributed by atoms with Crippen molar-refractivity contribution in [3.05, 3.63) is 6.33 Å². The van der Waals surface area contributed by atoms with Gasteiger partial charge in [0, 0.05) is 6.54 Å². The molecule has 0 aliphatic carbocycles. The van der Waals surface area contributed by atoms with Crippen molar-refractivity contribution in [2.24, 2.45) is 0 Å². The number of aromatic amines is 1. The summed E-state index contributed by atoms with van der Waals surface area (Å²) in [5.41, 5.74) is 1.40. The lowest BCUT2D eigenvalue weighted by Gasteiger charge is -2.08. The molecule has 0 saturated carbocycles. The van der Waals surface area contributed by atoms with Crippen LogP contribution in [-0.4, -0.2) is 33.1 Å². The molecule has 2 rings (SSSR count). The summed E-state index contributed by atoms with van der Waals surface area (Å²) in [6.45, 7) is 5.78. The van der Waals surface area contributed by atoms with Crippen molar-refractivity contribution in [2.75, 3.05) is 18.5 Å². The van der Waals surface area contributed by atoms with Crippen LogP contribution in [-0.2, 0) is 0 Å². The van der Waals surface area contributed by atoms with E-state index in [0.717, 1.165) is 31.3 Å². The number of rotatable bonds is 8. The van der Waals surface area contributed by atoms with Gasteiger partial charge in [0.1, 0.15) is 5.52 Å². The van der Waals surface area contributed by atoms with Crippen LogP contribution < -0.4 is 10.1 Å². The molecule has 0 saturated heterocycles. The number of ether oxygens (including phenoxy) is 1. The van der Waals surface area contributed by atoms with Gasteiger partial charge >= 0.3 is 0 Å². The van der Waals surface area contributed by atoms with Crippen LogP contribution in [0.2, 0.25) is 0 Å². The summed E-state index contributed by atoms with van der Waals surface area (Å²) in [5.74, 6) is 1.16. The molecule has 6 nitrogen and oxygen atoms in total. The van der Waals surface area contributed by atoms with Gasteiger partial charge in [0.25, 0.3) is 0 Å². The molecule has 0 amide bonds. The fourth-order valence-electron chi connectivity index (χ4n) is 1.75. The van der Waals surface area contributed by atoms with Crippen LogP contribution in [0, 0.1) is 0 Å². The molecule has 6 heteroatoms. The van der Waals surface area contributed by atoms with Gasteiger partial charge in [-0.2, -0.15) is 9.97 Å². The molecule has 0 atom stereocenters. The lowest BCUT2D eigenvalue weighted by molar-refractivity contribution is 0.298. The number of imidazole rings is 1. The number of nitrogens with zero attached hydrogens (tertiary/aromatic N) is 3. The third-order valence-corrected chi connectivity index (χ3v) is 2.77. The maximum atomic E-state index is 5.74. The highest BCUT2D eigenvalue weighted by atomic mass is 16.5. The zero-order valence-electron chi connectivity index (χ0n) is 11.6. The molecule has 0 spiro atoms. The van der Waals surface area contributed by atoms with Crippen LogP contribution in [0.15, 0.2) is 6.33 Å². The minimum absolute atomic E-state index is 0.576. The predicted octanol–water partition coefficient (Wildman–Crippen LogP) is 2.74. The second kappa shape index (κ2) is 6.92. The molecule has 0 fully saturated rings. The molecule has 0 aliphatic rings. The topological polar surface area (TPSA) is 75.7 Å². The maximum Gasteiger partial charge on any atom is 0.245 e. The Morgan fingerprint density at radius 1 is 1.21 bits per heavy atom. The molecule has 2 N–H and O–H groups in total. The number of nitrogens with one attached hydrogen (secondary N) is 2. The fourth-order valence-corrected chi connectivity index (χ4v) is 1.75. The summed E-state index contributed by atoms with van der Waals surface area (Å²) in [6, 6.07) is 0. The molecule has 0 unspecified atom stereocenters. The number of fused-ring (bicyclic) bond motifs is 1. The van der Waals surface area contributed by atoms with Crippen molar-refractivity contribution < 1.29 is 4.74 Å². The second-order valence-electron chi connectivity index (χ2n) is 4.44. The van der Waals surface area contributed by atoms with Gasteiger partial charge in [-0.15, -0.1) is 0 Å². The van der Waals surface area contributed by atoms with Crippen molar-refractivity contribution in [1.29, 1.82) is 0 Å². The highest BCUT2D eigenvalue weighted by Gasteiger charge is 2.10. The van der Waals surface area contributed by atoms with Crippen molar-refractivity contribution >= 4 is 17.1 Å². The van der Waals surface area contributed by atoms with Gasteiger partial charge in [0.2, 0.25) is 11.8 Å². The molecule has 0 radical (unpaired) electrons. The molecule has 0 bridgehead atoms. The van der Waals surface area contributed by atoms with E-state index in [1.165, 1.54) is 6.42 Å². The molecular formula is C13H21N5O. The first kappa shape index (κ1) is 13.6. The summed E-state index contributed by atoms with van der Waals surface area (Å²) < 4.78 is 5.74. The molecule has 2 aromatic rings. The highest BCUT2D eigenvalue weighted by Crippen LogP contribution is 2.21. The maximum absolute atomic E-state index is 5.74. The van der Waals surface area contributed by atoms with Crippen LogP contribution in [0.3, 0.4) is 0 Å². The zero-order chi connectivity index (χ0) is 13.5. The minimum atomic E-state index is 0.576. The quantitative estimate of drug-likeness (QED) is 0.716. The Labute approximate surface area is 113 Å². The van der Waals surface area contributed by atoms with Gasteiger partial charge in [0.15, 0.2) is 5.65 Å². The lowest BCUT2D eigenvalue weighted by Crippen LogP contribution is -2.07. The molecular weight excluding hydrogens is 242 g/mol. The molecule has 19 heavy (non-hydrogen) atoms. The summed E-state index contributed by atoms with van der Waals surface area (Å²) in [5, 5.41) is 3.16. The van der Waals surface area contributed by atoms with E-state index in [9.17, 15) is 0 Å². The van der Waals surface area contributed by atoms with Crippen molar-refractivity contribution in [2.45, 2.75) is 39.5 Å². The Kier molecular flexibility index (Phi) is 4.94. The summed E-state index contributed by atoms with van der Waals surface area (Å²) >= 11 is 0. The average Bonchev–Trinajstić information content (AvgIpc) is 2.89. The van der Waals surface area contributed by atoms with Gasteiger partial charge in [-0.3, -0.25) is 0 Å². The van der Waals surface area contributed by atoms with E-state index in [1.54, 1.807) is 6.33 Å². The Hall–Kier alpha value is -1.85. The number of hydrogen-bond acceptors (Lipinski definition) is 5. The summed E-state index contributed by atoms with van der Waals surface area (Å²) in [7, 11) is 0. The van der Waals surface area contributed by atoms with Gasteiger partial charge in [-0.05, 0) is 12.8 Å². The second-order valence-corrected chi connectivity index (χ2v) is 4.44. The van der Waals surface area contributed by atoms with Gasteiger partial charge in [-0.1, -0.05) is 26.7 Å². The van der Waals surface area contributed by atoms with Crippen LogP contribution in [0.25, 0.3) is 11.2 Å². The Balaban J connectivity index is 2.12. The van der Waals surface area contributed by atoms with E-state index in [0.29, 0.717) is 24.1 Å². The molecule has 0 aromatic carbocycles. The van der Waals surface area contributed by atoms with E-state index in [-0.39, 0.29) is 0 Å². The molecule has 2 heterocycles. The van der Waals surface area contributed by atoms with Gasteiger partial charge in [-0.25, -0.2) is 4.98 Å². The number of unbranched alkanes of at least 4 members (excludes halogenated alkanes) is 2. The largest absolute Gasteiger partial charge is 0.476 e. The van der Waals surface area contributed by atoms with Crippen molar-refractivity contribution in [3.63, 3.8) is 0 Å². The van der Waals surface area contributed by atoms with E-state index in [2.05, 4.69) is 39.1 Å². The van der Waals surface area contributed by atoms with Crippen LogP contribution >= 0.6 is 0 Å². The molecule has 2 aromatic heterocycles. The SMILES string of the molecule is CCCCCOc1nc(NCCC)nc2nc[nH]c12. The smallest absolute Gasteiger partial charge is 0.245 e. The first-order valence-electron chi connectivity index (χ1n) is 6.93. The van der Waals surface area contributed by atoms with Gasteiger partial charge < -0.3 is 15.0 Å². The van der Waals surface area contributed by atoms with Crippen LogP contribution in [0.4, 0.5) is 5.95 Å². The van der Waals surface area contributed by atoms with Crippen LogP contribution in [0.5, 0.6) is 5.88 Å². The van der Waals surface area contributed by atoms with E-state index >= 15 is 0 Å². The molecule has 104 valence electrons. The fraction of sp³-hybridized carbons (Fsp3) is 0.615. The third-order valence-electron chi connectivity index (χ3n) is 2.77. The standard InChI is InChI=1S/C13H21N5O/c1-3-5-6-8-19-12-10-11(16-9-15-10)17-13(18-12)14-7-4-2/h9H,3-8H2,1-2H3,(H2,14,15,16,17,18). The number of hydrogen-bond donors (Lipinski definition) is 2. The number of aromatic nitrogens is 4. The first-order valence-corrected chi connectivity index (χ1v) is 6.93. The van der Waals surface area contributed by atoms with Gasteiger partial charge in [0.05, 0.1) is 12.9 Å². The van der Waals surface area contributed by atoms with Crippen LogP contribution in [0.1, 0.15) is 39.5 Å². The first-order chi connectivity index (χ1) is 9.35. The van der Waals surface area contributed by atoms with E-state index in [4.69, 9.17) is 4.74 Å². The Bertz CT molecular complexity index is 511. The number of anilines is 1. The summed E-state index contributed by atoms with van der Waals surface area (Å²) in [6.07, 6.45) is 6.01. The minimum Gasteiger partial charge on any atom is -0.476 e. The third kappa shape index (κ3) is 3.56. The zero-order valence-corrected chi connectivity index (χ0v) is 11.6. The monoisotopic (exact) mass is 263 g/mol. The average molecular weight is 263 g/mol. The van der Waals surface area contributed by atoms with E-state index in [1.807, 2.05) is 0 Å². The lowest BCUT2D eigenvalue weighted by atomic mass is 10.3. The normalized spacial score (nSPS) is 10.8. The Morgan fingerprint density at radius 3 is 2.89 bits per heavy atom. The van der Waals surface area contributed by atoms with Crippen molar-refractivity contribution in [1.82, 2.24) is 19.9 Å². The predicted molar refractivity (Wildman–Crippen MR) is 75.5 cm³/mol. The van der Waals surface area contributed by atoms with E-state index < -0.39 is 0 Å².